The third-order valence-corrected chi connectivity index (χ3v) is 7.50. The summed E-state index contributed by atoms with van der Waals surface area (Å²) >= 11 is 7.51. The quantitative estimate of drug-likeness (QED) is 0.432. The summed E-state index contributed by atoms with van der Waals surface area (Å²) in [5.74, 6) is 0.123. The molecule has 0 radical (unpaired) electrons. The van der Waals surface area contributed by atoms with Crippen molar-refractivity contribution in [1.82, 2.24) is 0 Å². The summed E-state index contributed by atoms with van der Waals surface area (Å²) in [6, 6.07) is 16.1. The number of amides is 2. The van der Waals surface area contributed by atoms with E-state index < -0.39 is 0 Å². The molecule has 2 aromatic carbocycles. The van der Waals surface area contributed by atoms with E-state index in [0.717, 1.165) is 24.8 Å². The number of thiophene rings is 1. The molecule has 0 saturated heterocycles. The normalized spacial score (nSPS) is 15.7. The Balaban J connectivity index is 1.68. The van der Waals surface area contributed by atoms with Gasteiger partial charge in [0.25, 0.3) is 11.8 Å². The van der Waals surface area contributed by atoms with Crippen molar-refractivity contribution in [2.75, 3.05) is 10.6 Å². The van der Waals surface area contributed by atoms with Crippen LogP contribution in [0.25, 0.3) is 0 Å². The lowest BCUT2D eigenvalue weighted by atomic mass is 9.72. The lowest BCUT2D eigenvalue weighted by Crippen LogP contribution is -2.27. The molecule has 2 N–H and O–H groups in total. The van der Waals surface area contributed by atoms with E-state index >= 15 is 0 Å². The number of benzene rings is 2. The molecule has 3 aromatic rings. The summed E-state index contributed by atoms with van der Waals surface area (Å²) in [6.07, 6.45) is 2.78. The predicted molar refractivity (Wildman–Crippen MR) is 133 cm³/mol. The first kappa shape index (κ1) is 22.6. The number of fused-ring (bicyclic) bond motifs is 1. The maximum atomic E-state index is 13.4. The highest BCUT2D eigenvalue weighted by Gasteiger charge is 2.34. The molecule has 2 amide bonds. The van der Waals surface area contributed by atoms with Crippen LogP contribution in [0.3, 0.4) is 0 Å². The fourth-order valence-electron chi connectivity index (χ4n) is 4.15. The van der Waals surface area contributed by atoms with Crippen LogP contribution in [0.15, 0.2) is 54.6 Å². The molecule has 0 spiro atoms. The number of halogens is 1. The van der Waals surface area contributed by atoms with Crippen LogP contribution in [0.4, 0.5) is 10.7 Å². The molecule has 1 aliphatic carbocycles. The van der Waals surface area contributed by atoms with Gasteiger partial charge >= 0.3 is 0 Å². The molecular formula is C26H27ClN2O2S. The summed E-state index contributed by atoms with van der Waals surface area (Å²) in [5.41, 5.74) is 3.07. The third-order valence-electron chi connectivity index (χ3n) is 6.08. The zero-order valence-corrected chi connectivity index (χ0v) is 20.1. The summed E-state index contributed by atoms with van der Waals surface area (Å²) in [7, 11) is 0. The monoisotopic (exact) mass is 466 g/mol. The molecule has 1 heterocycles. The Kier molecular flexibility index (Phi) is 6.40. The highest BCUT2D eigenvalue weighted by Crippen LogP contribution is 2.44. The van der Waals surface area contributed by atoms with Gasteiger partial charge < -0.3 is 10.6 Å². The number of rotatable bonds is 4. The third kappa shape index (κ3) is 4.89. The lowest BCUT2D eigenvalue weighted by Gasteiger charge is -2.33. The van der Waals surface area contributed by atoms with E-state index in [0.29, 0.717) is 32.8 Å². The first-order valence-electron chi connectivity index (χ1n) is 10.8. The molecule has 1 aromatic heterocycles. The number of carbonyl (C=O) groups is 2. The summed E-state index contributed by atoms with van der Waals surface area (Å²) in [6.45, 7) is 6.80. The molecule has 1 atom stereocenters. The second-order valence-electron chi connectivity index (χ2n) is 9.29. The van der Waals surface area contributed by atoms with Gasteiger partial charge in [-0.1, -0.05) is 50.6 Å². The highest BCUT2D eigenvalue weighted by molar-refractivity contribution is 7.17. The van der Waals surface area contributed by atoms with Crippen LogP contribution in [-0.2, 0) is 12.8 Å². The van der Waals surface area contributed by atoms with E-state index in [2.05, 4.69) is 31.4 Å². The Morgan fingerprint density at radius 3 is 2.31 bits per heavy atom. The zero-order valence-electron chi connectivity index (χ0n) is 18.5. The topological polar surface area (TPSA) is 58.2 Å². The van der Waals surface area contributed by atoms with Crippen LogP contribution in [-0.4, -0.2) is 11.8 Å². The van der Waals surface area contributed by atoms with Crippen LogP contribution in [0.5, 0.6) is 0 Å². The molecule has 0 fully saturated rings. The molecule has 0 aliphatic heterocycles. The molecular weight excluding hydrogens is 440 g/mol. The molecule has 32 heavy (non-hydrogen) atoms. The second kappa shape index (κ2) is 9.08. The molecule has 4 rings (SSSR count). The van der Waals surface area contributed by atoms with Crippen molar-refractivity contribution >= 4 is 45.4 Å². The maximum absolute atomic E-state index is 13.4. The van der Waals surface area contributed by atoms with E-state index in [4.69, 9.17) is 11.6 Å². The van der Waals surface area contributed by atoms with E-state index in [-0.39, 0.29) is 17.2 Å². The van der Waals surface area contributed by atoms with Gasteiger partial charge in [0.15, 0.2) is 0 Å². The smallest absolute Gasteiger partial charge is 0.258 e. The fraction of sp³-hybridized carbons (Fsp3) is 0.308. The molecule has 166 valence electrons. The Bertz CT molecular complexity index is 1130. The van der Waals surface area contributed by atoms with E-state index in [1.807, 2.05) is 18.2 Å². The Morgan fingerprint density at radius 2 is 1.66 bits per heavy atom. The largest absolute Gasteiger partial charge is 0.322 e. The van der Waals surface area contributed by atoms with Gasteiger partial charge in [-0.2, -0.15) is 0 Å². The average molecular weight is 467 g/mol. The van der Waals surface area contributed by atoms with Gasteiger partial charge in [0.1, 0.15) is 5.00 Å². The molecule has 4 nitrogen and oxygen atoms in total. The van der Waals surface area contributed by atoms with Crippen LogP contribution in [0, 0.1) is 11.3 Å². The van der Waals surface area contributed by atoms with Gasteiger partial charge in [0, 0.05) is 21.2 Å². The molecule has 1 aliphatic rings. The first-order valence-corrected chi connectivity index (χ1v) is 12.0. The Labute approximate surface area is 198 Å². The van der Waals surface area contributed by atoms with Crippen molar-refractivity contribution in [2.24, 2.45) is 11.3 Å². The number of hydrogen-bond acceptors (Lipinski definition) is 3. The first-order chi connectivity index (χ1) is 15.2. The standard InChI is InChI=1S/C26H27ClN2O2S/c1-26(2,3)17-9-14-20-21(15-17)32-25(29-23(30)16-7-5-4-6-8-16)22(20)24(31)28-19-12-10-18(27)11-13-19/h4-8,10-13,17H,9,14-15H2,1-3H3,(H,28,31)(H,29,30)/t17-/m0/s1. The molecule has 6 heteroatoms. The Morgan fingerprint density at radius 1 is 0.969 bits per heavy atom. The Hall–Kier alpha value is -2.63. The predicted octanol–water partition coefficient (Wildman–Crippen LogP) is 7.06. The number of hydrogen-bond donors (Lipinski definition) is 2. The second-order valence-corrected chi connectivity index (χ2v) is 10.8. The van der Waals surface area contributed by atoms with Crippen molar-refractivity contribution < 1.29 is 9.59 Å². The number of carbonyl (C=O) groups excluding carboxylic acids is 2. The van der Waals surface area contributed by atoms with E-state index in [9.17, 15) is 9.59 Å². The SMILES string of the molecule is CC(C)(C)[C@H]1CCc2c(sc(NC(=O)c3ccccc3)c2C(=O)Nc2ccc(Cl)cc2)C1. The fourth-order valence-corrected chi connectivity index (χ4v) is 5.59. The van der Waals surface area contributed by atoms with Crippen molar-refractivity contribution in [3.05, 3.63) is 81.2 Å². The van der Waals surface area contributed by atoms with Crippen LogP contribution in [0.2, 0.25) is 5.02 Å². The minimum atomic E-state index is -0.211. The summed E-state index contributed by atoms with van der Waals surface area (Å²) < 4.78 is 0. The van der Waals surface area contributed by atoms with E-state index in [1.165, 1.54) is 16.2 Å². The van der Waals surface area contributed by atoms with Crippen LogP contribution in [0.1, 0.15) is 58.3 Å². The van der Waals surface area contributed by atoms with Crippen LogP contribution >= 0.6 is 22.9 Å². The van der Waals surface area contributed by atoms with Crippen molar-refractivity contribution in [3.63, 3.8) is 0 Å². The zero-order chi connectivity index (χ0) is 22.9. The summed E-state index contributed by atoms with van der Waals surface area (Å²) in [5, 5.41) is 7.21. The van der Waals surface area contributed by atoms with Crippen molar-refractivity contribution in [1.29, 1.82) is 0 Å². The molecule has 0 unspecified atom stereocenters. The lowest BCUT2D eigenvalue weighted by molar-refractivity contribution is 0.102. The minimum Gasteiger partial charge on any atom is -0.322 e. The van der Waals surface area contributed by atoms with Gasteiger partial charge in [0.2, 0.25) is 0 Å². The maximum Gasteiger partial charge on any atom is 0.258 e. The van der Waals surface area contributed by atoms with E-state index in [1.54, 1.807) is 36.4 Å². The van der Waals surface area contributed by atoms with Gasteiger partial charge in [-0.3, -0.25) is 9.59 Å². The van der Waals surface area contributed by atoms with Gasteiger partial charge in [-0.05, 0) is 72.6 Å². The van der Waals surface area contributed by atoms with Gasteiger partial charge in [0.05, 0.1) is 5.56 Å². The van der Waals surface area contributed by atoms with Crippen molar-refractivity contribution in [3.8, 4) is 0 Å². The van der Waals surface area contributed by atoms with Gasteiger partial charge in [-0.25, -0.2) is 0 Å². The molecule has 0 saturated carbocycles. The highest BCUT2D eigenvalue weighted by atomic mass is 35.5. The minimum absolute atomic E-state index is 0.195. The molecule has 0 bridgehead atoms. The van der Waals surface area contributed by atoms with Crippen LogP contribution < -0.4 is 10.6 Å². The number of nitrogens with one attached hydrogen (secondary N) is 2. The number of anilines is 2. The summed E-state index contributed by atoms with van der Waals surface area (Å²) in [4.78, 5) is 27.4. The van der Waals surface area contributed by atoms with Gasteiger partial charge in [-0.15, -0.1) is 11.3 Å². The van der Waals surface area contributed by atoms with Crippen molar-refractivity contribution in [2.45, 2.75) is 40.0 Å². The average Bonchev–Trinajstić information content (AvgIpc) is 3.12.